The Kier molecular flexibility index (Phi) is 5.83. The molecule has 2 heterocycles. The van der Waals surface area contributed by atoms with Crippen LogP contribution in [-0.2, 0) is 9.59 Å². The van der Waals surface area contributed by atoms with E-state index >= 15 is 0 Å². The summed E-state index contributed by atoms with van der Waals surface area (Å²) in [5.74, 6) is 0.233. The zero-order chi connectivity index (χ0) is 14.4. The molecule has 0 aromatic rings. The number of amides is 1. The number of carboxylic acids is 1. The molecule has 2 atom stereocenters. The topological polar surface area (TPSA) is 69.6 Å². The monoisotopic (exact) mass is 282 g/mol. The Bertz CT molecular complexity index is 340. The molecule has 0 aromatic carbocycles. The van der Waals surface area contributed by atoms with Gasteiger partial charge in [-0.05, 0) is 57.0 Å². The number of hydrogen-bond acceptors (Lipinski definition) is 3. The van der Waals surface area contributed by atoms with E-state index in [9.17, 15) is 9.59 Å². The Labute approximate surface area is 120 Å². The minimum atomic E-state index is -0.752. The highest BCUT2D eigenvalue weighted by Gasteiger charge is 2.25. The van der Waals surface area contributed by atoms with Gasteiger partial charge in [-0.25, -0.2) is 0 Å². The Balaban J connectivity index is 1.72. The van der Waals surface area contributed by atoms with Crippen LogP contribution in [0.5, 0.6) is 0 Å². The molecule has 2 N–H and O–H groups in total. The third-order valence-electron chi connectivity index (χ3n) is 4.50. The average molecular weight is 282 g/mol. The first-order chi connectivity index (χ1) is 9.65. The van der Waals surface area contributed by atoms with Crippen LogP contribution in [0.3, 0.4) is 0 Å². The van der Waals surface area contributed by atoms with Crippen LogP contribution in [-0.4, -0.2) is 48.1 Å². The van der Waals surface area contributed by atoms with Crippen LogP contribution >= 0.6 is 0 Å². The smallest absolute Gasteiger partial charge is 0.303 e. The molecule has 2 saturated heterocycles. The molecule has 0 bridgehead atoms. The number of carboxylic acid groups (broad SMARTS) is 1. The van der Waals surface area contributed by atoms with Crippen molar-refractivity contribution in [3.63, 3.8) is 0 Å². The van der Waals surface area contributed by atoms with Crippen molar-refractivity contribution in [3.8, 4) is 0 Å². The molecule has 5 heteroatoms. The Morgan fingerprint density at radius 3 is 2.70 bits per heavy atom. The van der Waals surface area contributed by atoms with Crippen LogP contribution in [0.1, 0.15) is 44.9 Å². The van der Waals surface area contributed by atoms with E-state index in [1.807, 2.05) is 4.90 Å². The molecule has 2 aliphatic rings. The van der Waals surface area contributed by atoms with E-state index in [2.05, 4.69) is 5.32 Å². The van der Waals surface area contributed by atoms with Crippen LogP contribution in [0.25, 0.3) is 0 Å². The second kappa shape index (κ2) is 7.62. The highest BCUT2D eigenvalue weighted by molar-refractivity contribution is 5.76. The summed E-state index contributed by atoms with van der Waals surface area (Å²) in [6, 6.07) is 0. The van der Waals surface area contributed by atoms with E-state index in [0.29, 0.717) is 18.9 Å². The van der Waals surface area contributed by atoms with E-state index in [1.165, 1.54) is 12.8 Å². The first kappa shape index (κ1) is 15.3. The number of nitrogens with one attached hydrogen (secondary N) is 1. The van der Waals surface area contributed by atoms with E-state index in [0.717, 1.165) is 38.9 Å². The number of rotatable bonds is 5. The largest absolute Gasteiger partial charge is 0.481 e. The molecule has 2 rings (SSSR count). The van der Waals surface area contributed by atoms with Crippen molar-refractivity contribution in [2.75, 3.05) is 26.2 Å². The van der Waals surface area contributed by atoms with E-state index in [-0.39, 0.29) is 18.2 Å². The highest BCUT2D eigenvalue weighted by atomic mass is 16.4. The van der Waals surface area contributed by atoms with Crippen LogP contribution in [0.4, 0.5) is 0 Å². The van der Waals surface area contributed by atoms with Gasteiger partial charge >= 0.3 is 5.97 Å². The van der Waals surface area contributed by atoms with Crippen molar-refractivity contribution in [2.24, 2.45) is 11.8 Å². The summed E-state index contributed by atoms with van der Waals surface area (Å²) in [4.78, 5) is 24.9. The third kappa shape index (κ3) is 4.78. The first-order valence-corrected chi connectivity index (χ1v) is 7.85. The fourth-order valence-electron chi connectivity index (χ4n) is 3.36. The van der Waals surface area contributed by atoms with E-state index in [4.69, 9.17) is 5.11 Å². The quantitative estimate of drug-likeness (QED) is 0.801. The van der Waals surface area contributed by atoms with Crippen molar-refractivity contribution in [1.82, 2.24) is 10.2 Å². The van der Waals surface area contributed by atoms with Gasteiger partial charge in [-0.1, -0.05) is 0 Å². The lowest BCUT2D eigenvalue weighted by Crippen LogP contribution is -2.41. The highest BCUT2D eigenvalue weighted by Crippen LogP contribution is 2.22. The maximum absolute atomic E-state index is 12.2. The first-order valence-electron chi connectivity index (χ1n) is 7.85. The zero-order valence-electron chi connectivity index (χ0n) is 12.1. The van der Waals surface area contributed by atoms with Crippen LogP contribution in [0, 0.1) is 11.8 Å². The minimum absolute atomic E-state index is 0.140. The van der Waals surface area contributed by atoms with Gasteiger partial charge in [0.05, 0.1) is 0 Å². The SMILES string of the molecule is O=C(O)CC1CCCN(C(=O)CCC2CCCNC2)C1. The molecular formula is C15H26N2O3. The lowest BCUT2D eigenvalue weighted by atomic mass is 9.92. The number of nitrogens with zero attached hydrogens (tertiary/aromatic N) is 1. The summed E-state index contributed by atoms with van der Waals surface area (Å²) >= 11 is 0. The summed E-state index contributed by atoms with van der Waals surface area (Å²) in [6.07, 6.45) is 6.08. The van der Waals surface area contributed by atoms with Crippen LogP contribution in [0.15, 0.2) is 0 Å². The van der Waals surface area contributed by atoms with Gasteiger partial charge < -0.3 is 15.3 Å². The third-order valence-corrected chi connectivity index (χ3v) is 4.50. The molecule has 0 aliphatic carbocycles. The van der Waals surface area contributed by atoms with Crippen molar-refractivity contribution < 1.29 is 14.7 Å². The van der Waals surface area contributed by atoms with Gasteiger partial charge in [0.25, 0.3) is 0 Å². The predicted octanol–water partition coefficient (Wildman–Crippen LogP) is 1.48. The van der Waals surface area contributed by atoms with Crippen molar-refractivity contribution in [1.29, 1.82) is 0 Å². The second-order valence-electron chi connectivity index (χ2n) is 6.20. The number of likely N-dealkylation sites (tertiary alicyclic amines) is 1. The Morgan fingerprint density at radius 2 is 2.00 bits per heavy atom. The zero-order valence-corrected chi connectivity index (χ0v) is 12.1. The maximum Gasteiger partial charge on any atom is 0.303 e. The molecule has 20 heavy (non-hydrogen) atoms. The number of aliphatic carboxylic acids is 1. The maximum atomic E-state index is 12.2. The summed E-state index contributed by atoms with van der Waals surface area (Å²) < 4.78 is 0. The van der Waals surface area contributed by atoms with Gasteiger partial charge in [-0.3, -0.25) is 9.59 Å². The molecule has 1 amide bonds. The van der Waals surface area contributed by atoms with Crippen LogP contribution < -0.4 is 5.32 Å². The fraction of sp³-hybridized carbons (Fsp3) is 0.867. The summed E-state index contributed by atoms with van der Waals surface area (Å²) in [6.45, 7) is 3.58. The Morgan fingerprint density at radius 1 is 1.20 bits per heavy atom. The van der Waals surface area contributed by atoms with Crippen molar-refractivity contribution >= 4 is 11.9 Å². The number of hydrogen-bond donors (Lipinski definition) is 2. The van der Waals surface area contributed by atoms with Gasteiger partial charge in [0.2, 0.25) is 5.91 Å². The van der Waals surface area contributed by atoms with Gasteiger partial charge in [-0.2, -0.15) is 0 Å². The normalized spacial score (nSPS) is 27.3. The predicted molar refractivity (Wildman–Crippen MR) is 76.4 cm³/mol. The molecule has 0 aromatic heterocycles. The summed E-state index contributed by atoms with van der Waals surface area (Å²) in [5, 5.41) is 12.2. The lowest BCUT2D eigenvalue weighted by Gasteiger charge is -2.32. The lowest BCUT2D eigenvalue weighted by molar-refractivity contribution is -0.140. The van der Waals surface area contributed by atoms with Crippen molar-refractivity contribution in [3.05, 3.63) is 0 Å². The van der Waals surface area contributed by atoms with E-state index in [1.54, 1.807) is 0 Å². The molecule has 0 spiro atoms. The standard InChI is InChI=1S/C15H26N2O3/c18-14(6-5-12-3-1-7-16-10-12)17-8-2-4-13(11-17)9-15(19)20/h12-13,16H,1-11H2,(H,19,20). The number of carbonyl (C=O) groups excluding carboxylic acids is 1. The molecular weight excluding hydrogens is 256 g/mol. The van der Waals surface area contributed by atoms with E-state index < -0.39 is 5.97 Å². The number of carbonyl (C=O) groups is 2. The molecule has 2 aliphatic heterocycles. The molecule has 5 nitrogen and oxygen atoms in total. The molecule has 0 radical (unpaired) electrons. The molecule has 2 unspecified atom stereocenters. The van der Waals surface area contributed by atoms with Gasteiger partial charge in [0, 0.05) is 25.9 Å². The van der Waals surface area contributed by atoms with Gasteiger partial charge in [-0.15, -0.1) is 0 Å². The summed E-state index contributed by atoms with van der Waals surface area (Å²) in [5.41, 5.74) is 0. The van der Waals surface area contributed by atoms with Gasteiger partial charge in [0.15, 0.2) is 0 Å². The van der Waals surface area contributed by atoms with Gasteiger partial charge in [0.1, 0.15) is 0 Å². The fourth-order valence-corrected chi connectivity index (χ4v) is 3.36. The number of piperidine rings is 2. The minimum Gasteiger partial charge on any atom is -0.481 e. The van der Waals surface area contributed by atoms with Crippen molar-refractivity contribution in [2.45, 2.75) is 44.9 Å². The Hall–Kier alpha value is -1.10. The second-order valence-corrected chi connectivity index (χ2v) is 6.20. The molecule has 2 fully saturated rings. The van der Waals surface area contributed by atoms with Crippen LogP contribution in [0.2, 0.25) is 0 Å². The molecule has 0 saturated carbocycles. The molecule has 114 valence electrons. The average Bonchev–Trinajstić information content (AvgIpc) is 2.45. The summed E-state index contributed by atoms with van der Waals surface area (Å²) in [7, 11) is 0.